The summed E-state index contributed by atoms with van der Waals surface area (Å²) in [5, 5.41) is 0. The number of hydrogen-bond acceptors (Lipinski definition) is 8. The summed E-state index contributed by atoms with van der Waals surface area (Å²) in [6.07, 6.45) is 0. The molecule has 160 valence electrons. The predicted octanol–water partition coefficient (Wildman–Crippen LogP) is 2.17. The Morgan fingerprint density at radius 2 is 1.71 bits per heavy atom. The lowest BCUT2D eigenvalue weighted by Crippen LogP contribution is -2.23. The van der Waals surface area contributed by atoms with Crippen molar-refractivity contribution in [2.45, 2.75) is 6.54 Å². The summed E-state index contributed by atoms with van der Waals surface area (Å²) in [6.45, 7) is 0.701. The molecule has 0 fully saturated rings. The van der Waals surface area contributed by atoms with Gasteiger partial charge in [0.2, 0.25) is 0 Å². The number of nitrogens with zero attached hydrogens (tertiary/aromatic N) is 2. The maximum absolute atomic E-state index is 12.9. The number of fused-ring (bicyclic) bond motifs is 2. The quantitative estimate of drug-likeness (QED) is 0.570. The molecule has 0 saturated carbocycles. The number of rotatable bonds is 4. The molecule has 31 heavy (non-hydrogen) atoms. The van der Waals surface area contributed by atoms with E-state index >= 15 is 0 Å². The monoisotopic (exact) mass is 442 g/mol. The molecule has 1 aliphatic rings. The van der Waals surface area contributed by atoms with E-state index in [0.29, 0.717) is 30.2 Å². The van der Waals surface area contributed by atoms with E-state index in [1.807, 2.05) is 0 Å². The number of amides is 1. The molecule has 2 heterocycles. The number of benzene rings is 2. The highest BCUT2D eigenvalue weighted by Gasteiger charge is 2.20. The van der Waals surface area contributed by atoms with Gasteiger partial charge in [-0.3, -0.25) is 9.59 Å². The summed E-state index contributed by atoms with van der Waals surface area (Å²) in [6, 6.07) is 9.78. The number of ether oxygens (including phenoxy) is 4. The molecular formula is C21H18N2O7S. The third kappa shape index (κ3) is 4.02. The summed E-state index contributed by atoms with van der Waals surface area (Å²) in [4.78, 5) is 41.5. The van der Waals surface area contributed by atoms with E-state index in [2.05, 4.69) is 4.99 Å². The number of methoxy groups -OCH3 is 2. The lowest BCUT2D eigenvalue weighted by Gasteiger charge is -2.18. The molecule has 1 aromatic heterocycles. The average molecular weight is 442 g/mol. The first-order valence-corrected chi connectivity index (χ1v) is 10.1. The first-order chi connectivity index (χ1) is 15.0. The van der Waals surface area contributed by atoms with Crippen molar-refractivity contribution in [3.63, 3.8) is 0 Å². The third-order valence-corrected chi connectivity index (χ3v) is 5.66. The molecule has 9 nitrogen and oxygen atoms in total. The van der Waals surface area contributed by atoms with Crippen LogP contribution in [-0.2, 0) is 20.8 Å². The second kappa shape index (κ2) is 8.60. The fourth-order valence-corrected chi connectivity index (χ4v) is 4.18. The Kier molecular flexibility index (Phi) is 5.72. The van der Waals surface area contributed by atoms with Crippen molar-refractivity contribution in [2.75, 3.05) is 27.4 Å². The zero-order chi connectivity index (χ0) is 22.0. The van der Waals surface area contributed by atoms with Crippen LogP contribution in [0.3, 0.4) is 0 Å². The molecule has 10 heteroatoms. The second-order valence-corrected chi connectivity index (χ2v) is 7.47. The summed E-state index contributed by atoms with van der Waals surface area (Å²) < 4.78 is 23.1. The topological polar surface area (TPSA) is 105 Å². The number of carbonyl (C=O) groups is 3. The van der Waals surface area contributed by atoms with Crippen molar-refractivity contribution in [3.05, 3.63) is 52.3 Å². The van der Waals surface area contributed by atoms with Crippen LogP contribution in [0.2, 0.25) is 0 Å². The highest BCUT2D eigenvalue weighted by atomic mass is 32.1. The molecule has 0 atom stereocenters. The van der Waals surface area contributed by atoms with E-state index in [1.165, 1.54) is 37.7 Å². The second-order valence-electron chi connectivity index (χ2n) is 6.46. The minimum absolute atomic E-state index is 0.0994. The maximum Gasteiger partial charge on any atom is 0.338 e. The first-order valence-electron chi connectivity index (χ1n) is 9.28. The number of aromatic nitrogens is 1. The van der Waals surface area contributed by atoms with Crippen LogP contribution >= 0.6 is 11.3 Å². The van der Waals surface area contributed by atoms with Gasteiger partial charge in [0.05, 0.1) is 35.6 Å². The van der Waals surface area contributed by atoms with Crippen LogP contribution in [0.15, 0.2) is 41.4 Å². The van der Waals surface area contributed by atoms with Gasteiger partial charge in [0.1, 0.15) is 19.8 Å². The molecule has 0 spiro atoms. The van der Waals surface area contributed by atoms with Crippen molar-refractivity contribution < 1.29 is 33.3 Å². The standard InChI is InChI=1S/C21H18N2O7S/c1-27-18(24)11-23-14-9-15-16(30-8-7-29-15)10-17(14)31-21(23)22-19(25)12-5-3-4-6-13(12)20(26)28-2/h3-6,9-10H,7-8,11H2,1-2H3. The third-order valence-electron chi connectivity index (χ3n) is 4.62. The highest BCUT2D eigenvalue weighted by molar-refractivity contribution is 7.16. The lowest BCUT2D eigenvalue weighted by molar-refractivity contribution is -0.141. The Labute approximate surface area is 180 Å². The van der Waals surface area contributed by atoms with Crippen molar-refractivity contribution in [1.29, 1.82) is 0 Å². The Bertz CT molecular complexity index is 1260. The van der Waals surface area contributed by atoms with Crippen LogP contribution in [0, 0.1) is 0 Å². The van der Waals surface area contributed by atoms with Crippen molar-refractivity contribution in [2.24, 2.45) is 4.99 Å². The lowest BCUT2D eigenvalue weighted by atomic mass is 10.1. The van der Waals surface area contributed by atoms with E-state index < -0.39 is 17.8 Å². The zero-order valence-electron chi connectivity index (χ0n) is 16.7. The van der Waals surface area contributed by atoms with E-state index in [0.717, 1.165) is 4.70 Å². The molecule has 3 aromatic rings. The summed E-state index contributed by atoms with van der Waals surface area (Å²) >= 11 is 1.21. The largest absolute Gasteiger partial charge is 0.486 e. The zero-order valence-corrected chi connectivity index (χ0v) is 17.6. The Morgan fingerprint density at radius 3 is 2.39 bits per heavy atom. The summed E-state index contributed by atoms with van der Waals surface area (Å²) in [5.41, 5.74) is 0.853. The van der Waals surface area contributed by atoms with Crippen LogP contribution in [0.1, 0.15) is 20.7 Å². The molecular weight excluding hydrogens is 424 g/mol. The molecule has 0 bridgehead atoms. The predicted molar refractivity (Wildman–Crippen MR) is 110 cm³/mol. The van der Waals surface area contributed by atoms with Crippen molar-refractivity contribution in [1.82, 2.24) is 4.57 Å². The molecule has 0 N–H and O–H groups in total. The number of esters is 2. The van der Waals surface area contributed by atoms with Gasteiger partial charge < -0.3 is 23.5 Å². The van der Waals surface area contributed by atoms with Gasteiger partial charge in [-0.05, 0) is 12.1 Å². The van der Waals surface area contributed by atoms with Gasteiger partial charge in [-0.2, -0.15) is 4.99 Å². The Balaban J connectivity index is 1.87. The van der Waals surface area contributed by atoms with E-state index in [4.69, 9.17) is 18.9 Å². The number of thiazole rings is 1. The molecule has 4 rings (SSSR count). The van der Waals surface area contributed by atoms with Crippen LogP contribution < -0.4 is 14.3 Å². The smallest absolute Gasteiger partial charge is 0.338 e. The SMILES string of the molecule is COC(=O)Cn1c(=NC(=O)c2ccccc2C(=O)OC)sc2cc3c(cc21)OCCO3. The van der Waals surface area contributed by atoms with E-state index in [-0.39, 0.29) is 22.5 Å². The Morgan fingerprint density at radius 1 is 1.03 bits per heavy atom. The van der Waals surface area contributed by atoms with Crippen LogP contribution in [-0.4, -0.2) is 49.8 Å². The van der Waals surface area contributed by atoms with Gasteiger partial charge in [0.15, 0.2) is 16.3 Å². The van der Waals surface area contributed by atoms with Crippen molar-refractivity contribution in [3.8, 4) is 11.5 Å². The first kappa shape index (κ1) is 20.6. The van der Waals surface area contributed by atoms with E-state index in [9.17, 15) is 14.4 Å². The number of hydrogen-bond donors (Lipinski definition) is 0. The van der Waals surface area contributed by atoms with Gasteiger partial charge >= 0.3 is 11.9 Å². The molecule has 2 aromatic carbocycles. The minimum Gasteiger partial charge on any atom is -0.486 e. The molecule has 1 aliphatic heterocycles. The summed E-state index contributed by atoms with van der Waals surface area (Å²) in [5.74, 6) is -0.648. The average Bonchev–Trinajstić information content (AvgIpc) is 3.12. The van der Waals surface area contributed by atoms with Crippen LogP contribution in [0.25, 0.3) is 10.2 Å². The fraction of sp³-hybridized carbons (Fsp3) is 0.238. The van der Waals surface area contributed by atoms with Crippen molar-refractivity contribution >= 4 is 39.4 Å². The molecule has 0 unspecified atom stereocenters. The van der Waals surface area contributed by atoms with E-state index in [1.54, 1.807) is 28.8 Å². The van der Waals surface area contributed by atoms with Gasteiger partial charge in [0, 0.05) is 12.1 Å². The minimum atomic E-state index is -0.639. The fourth-order valence-electron chi connectivity index (χ4n) is 3.14. The highest BCUT2D eigenvalue weighted by Crippen LogP contribution is 2.35. The normalized spacial score (nSPS) is 13.2. The van der Waals surface area contributed by atoms with Gasteiger partial charge in [-0.25, -0.2) is 4.79 Å². The molecule has 1 amide bonds. The van der Waals surface area contributed by atoms with Gasteiger partial charge in [0.25, 0.3) is 5.91 Å². The molecule has 0 radical (unpaired) electrons. The Hall–Kier alpha value is -3.66. The molecule has 0 aliphatic carbocycles. The maximum atomic E-state index is 12.9. The van der Waals surface area contributed by atoms with Crippen LogP contribution in [0.4, 0.5) is 0 Å². The summed E-state index contributed by atoms with van der Waals surface area (Å²) in [7, 11) is 2.52. The van der Waals surface area contributed by atoms with Gasteiger partial charge in [-0.15, -0.1) is 0 Å². The number of carbonyl (C=O) groups excluding carboxylic acids is 3. The van der Waals surface area contributed by atoms with Gasteiger partial charge in [-0.1, -0.05) is 23.5 Å². The van der Waals surface area contributed by atoms with Crippen LogP contribution in [0.5, 0.6) is 11.5 Å². The molecule has 0 saturated heterocycles.